The van der Waals surface area contributed by atoms with E-state index in [9.17, 15) is 9.90 Å². The van der Waals surface area contributed by atoms with Crippen molar-refractivity contribution in [2.75, 3.05) is 11.5 Å². The summed E-state index contributed by atoms with van der Waals surface area (Å²) in [6.07, 6.45) is 1.77. The number of amides is 1. The number of hydrogen-bond acceptors (Lipinski definition) is 5. The third-order valence-electron chi connectivity index (χ3n) is 4.12. The van der Waals surface area contributed by atoms with Crippen LogP contribution in [-0.4, -0.2) is 21.9 Å². The molecule has 26 heavy (non-hydrogen) atoms. The fourth-order valence-electron chi connectivity index (χ4n) is 2.60. The predicted octanol–water partition coefficient (Wildman–Crippen LogP) is 4.81. The van der Waals surface area contributed by atoms with Crippen molar-refractivity contribution < 1.29 is 14.6 Å². The number of nitrogens with zero attached hydrogens (tertiary/aromatic N) is 1. The molecule has 0 atom stereocenters. The number of aromatic hydroxyl groups is 1. The molecule has 0 saturated carbocycles. The molecule has 4 nitrogen and oxygen atoms in total. The summed E-state index contributed by atoms with van der Waals surface area (Å²) in [7, 11) is 0. The molecule has 0 aromatic heterocycles. The first kappa shape index (κ1) is 18.5. The van der Waals surface area contributed by atoms with Crippen molar-refractivity contribution in [3.8, 4) is 11.5 Å². The number of carbonyl (C=O) groups excluding carboxylic acids is 1. The van der Waals surface area contributed by atoms with Gasteiger partial charge in [-0.3, -0.25) is 9.69 Å². The molecule has 1 heterocycles. The molecule has 0 spiro atoms. The Morgan fingerprint density at radius 2 is 1.96 bits per heavy atom. The van der Waals surface area contributed by atoms with Crippen LogP contribution in [0.4, 0.5) is 5.69 Å². The molecule has 0 unspecified atom stereocenters. The zero-order valence-electron chi connectivity index (χ0n) is 14.8. The number of thiocarbonyl (C=S) groups is 1. The van der Waals surface area contributed by atoms with Gasteiger partial charge in [0, 0.05) is 0 Å². The Kier molecular flexibility index (Phi) is 5.34. The SMILES string of the molecule is CCOc1cc(/C=C2\SC(=S)N(c3ccc(C)c(C)c3)C2=O)ccc1O. The van der Waals surface area contributed by atoms with Crippen LogP contribution < -0.4 is 9.64 Å². The number of hydrogen-bond donors (Lipinski definition) is 1. The first-order valence-corrected chi connectivity index (χ1v) is 9.44. The largest absolute Gasteiger partial charge is 0.504 e. The average Bonchev–Trinajstić information content (AvgIpc) is 2.87. The number of aryl methyl sites for hydroxylation is 2. The van der Waals surface area contributed by atoms with Crippen molar-refractivity contribution in [3.05, 3.63) is 58.0 Å². The number of rotatable bonds is 4. The molecule has 1 saturated heterocycles. The molecule has 6 heteroatoms. The van der Waals surface area contributed by atoms with E-state index in [-0.39, 0.29) is 11.7 Å². The van der Waals surface area contributed by atoms with Gasteiger partial charge in [0.25, 0.3) is 5.91 Å². The van der Waals surface area contributed by atoms with Gasteiger partial charge in [-0.05, 0) is 67.8 Å². The summed E-state index contributed by atoms with van der Waals surface area (Å²) in [6, 6.07) is 10.9. The van der Waals surface area contributed by atoms with Crippen LogP contribution in [0.1, 0.15) is 23.6 Å². The number of anilines is 1. The van der Waals surface area contributed by atoms with Gasteiger partial charge in [-0.15, -0.1) is 0 Å². The summed E-state index contributed by atoms with van der Waals surface area (Å²) in [6.45, 7) is 6.34. The second-order valence-corrected chi connectivity index (χ2v) is 7.62. The molecule has 1 aliphatic heterocycles. The van der Waals surface area contributed by atoms with E-state index in [1.807, 2.05) is 39.0 Å². The van der Waals surface area contributed by atoms with Gasteiger partial charge in [0.05, 0.1) is 17.2 Å². The lowest BCUT2D eigenvalue weighted by Crippen LogP contribution is -2.27. The quantitative estimate of drug-likeness (QED) is 0.604. The van der Waals surface area contributed by atoms with E-state index in [4.69, 9.17) is 17.0 Å². The number of ether oxygens (including phenoxy) is 1. The van der Waals surface area contributed by atoms with Gasteiger partial charge in [-0.2, -0.15) is 0 Å². The lowest BCUT2D eigenvalue weighted by Gasteiger charge is -2.15. The molecule has 2 aromatic rings. The van der Waals surface area contributed by atoms with Gasteiger partial charge < -0.3 is 9.84 Å². The first-order chi connectivity index (χ1) is 12.4. The van der Waals surface area contributed by atoms with Crippen molar-refractivity contribution in [2.24, 2.45) is 0 Å². The van der Waals surface area contributed by atoms with Crippen LogP contribution in [0.15, 0.2) is 41.3 Å². The van der Waals surface area contributed by atoms with Crippen LogP contribution in [0.25, 0.3) is 6.08 Å². The molecule has 2 aromatic carbocycles. The van der Waals surface area contributed by atoms with E-state index in [1.54, 1.807) is 29.2 Å². The average molecular weight is 386 g/mol. The molecular weight excluding hydrogens is 366 g/mol. The Balaban J connectivity index is 1.92. The molecular formula is C20H19NO3S2. The van der Waals surface area contributed by atoms with E-state index in [2.05, 4.69) is 0 Å². The van der Waals surface area contributed by atoms with Crippen molar-refractivity contribution in [2.45, 2.75) is 20.8 Å². The second kappa shape index (κ2) is 7.51. The normalized spacial score (nSPS) is 15.8. The van der Waals surface area contributed by atoms with E-state index in [0.717, 1.165) is 16.8 Å². The summed E-state index contributed by atoms with van der Waals surface area (Å²) in [5, 5.41) is 9.81. The number of thioether (sulfide) groups is 1. The maximum absolute atomic E-state index is 12.9. The molecule has 0 aliphatic carbocycles. The van der Waals surface area contributed by atoms with E-state index < -0.39 is 0 Å². The van der Waals surface area contributed by atoms with Gasteiger partial charge in [0.1, 0.15) is 0 Å². The van der Waals surface area contributed by atoms with Gasteiger partial charge in [0.15, 0.2) is 15.8 Å². The highest BCUT2D eigenvalue weighted by Crippen LogP contribution is 2.37. The zero-order chi connectivity index (χ0) is 18.8. The lowest BCUT2D eigenvalue weighted by atomic mass is 10.1. The first-order valence-electron chi connectivity index (χ1n) is 8.21. The molecule has 0 radical (unpaired) electrons. The van der Waals surface area contributed by atoms with Crippen molar-refractivity contribution >= 4 is 46.0 Å². The summed E-state index contributed by atoms with van der Waals surface area (Å²) < 4.78 is 5.91. The molecule has 3 rings (SSSR count). The summed E-state index contributed by atoms with van der Waals surface area (Å²) in [5.41, 5.74) is 3.83. The van der Waals surface area contributed by atoms with Crippen molar-refractivity contribution in [3.63, 3.8) is 0 Å². The van der Waals surface area contributed by atoms with E-state index in [0.29, 0.717) is 21.6 Å². The third kappa shape index (κ3) is 3.61. The molecule has 1 amide bonds. The Morgan fingerprint density at radius 1 is 1.19 bits per heavy atom. The Hall–Kier alpha value is -2.31. The summed E-state index contributed by atoms with van der Waals surface area (Å²) in [5.74, 6) is 0.326. The van der Waals surface area contributed by atoms with Crippen LogP contribution in [-0.2, 0) is 4.79 Å². The minimum absolute atomic E-state index is 0.0756. The third-order valence-corrected chi connectivity index (χ3v) is 5.43. The summed E-state index contributed by atoms with van der Waals surface area (Å²) in [4.78, 5) is 15.0. The van der Waals surface area contributed by atoms with Crippen LogP contribution in [0.2, 0.25) is 0 Å². The standard InChI is InChI=1S/C20H19NO3S2/c1-4-24-17-10-14(6-8-16(17)22)11-18-19(23)21(20(25)26-18)15-7-5-12(2)13(3)9-15/h5-11,22H,4H2,1-3H3/b18-11-. The maximum atomic E-state index is 12.9. The highest BCUT2D eigenvalue weighted by Gasteiger charge is 2.33. The predicted molar refractivity (Wildman–Crippen MR) is 111 cm³/mol. The minimum atomic E-state index is -0.144. The highest BCUT2D eigenvalue weighted by atomic mass is 32.2. The van der Waals surface area contributed by atoms with Crippen LogP contribution in [0, 0.1) is 13.8 Å². The molecule has 0 bridgehead atoms. The number of carbonyl (C=O) groups is 1. The van der Waals surface area contributed by atoms with E-state index >= 15 is 0 Å². The molecule has 1 aliphatic rings. The lowest BCUT2D eigenvalue weighted by molar-refractivity contribution is -0.113. The topological polar surface area (TPSA) is 49.8 Å². The fourth-order valence-corrected chi connectivity index (χ4v) is 3.90. The van der Waals surface area contributed by atoms with Gasteiger partial charge in [-0.25, -0.2) is 0 Å². The molecule has 1 fully saturated rings. The van der Waals surface area contributed by atoms with Gasteiger partial charge >= 0.3 is 0 Å². The molecule has 1 N–H and O–H groups in total. The fraction of sp³-hybridized carbons (Fsp3) is 0.200. The van der Waals surface area contributed by atoms with Crippen LogP contribution in [0.3, 0.4) is 0 Å². The van der Waals surface area contributed by atoms with Crippen LogP contribution in [0.5, 0.6) is 11.5 Å². The number of phenolic OH excluding ortho intramolecular Hbond substituents is 1. The number of phenols is 1. The smallest absolute Gasteiger partial charge is 0.270 e. The van der Waals surface area contributed by atoms with E-state index in [1.165, 1.54) is 17.3 Å². The monoisotopic (exact) mass is 385 g/mol. The maximum Gasteiger partial charge on any atom is 0.270 e. The summed E-state index contributed by atoms with van der Waals surface area (Å²) >= 11 is 6.69. The van der Waals surface area contributed by atoms with Crippen LogP contribution >= 0.6 is 24.0 Å². The Bertz CT molecular complexity index is 921. The zero-order valence-corrected chi connectivity index (χ0v) is 16.4. The van der Waals surface area contributed by atoms with Crippen molar-refractivity contribution in [1.82, 2.24) is 0 Å². The van der Waals surface area contributed by atoms with Gasteiger partial charge in [0.2, 0.25) is 0 Å². The highest BCUT2D eigenvalue weighted by molar-refractivity contribution is 8.27. The van der Waals surface area contributed by atoms with Gasteiger partial charge in [-0.1, -0.05) is 36.1 Å². The van der Waals surface area contributed by atoms with Crippen molar-refractivity contribution in [1.29, 1.82) is 0 Å². The Labute approximate surface area is 162 Å². The second-order valence-electron chi connectivity index (χ2n) is 5.95. The Morgan fingerprint density at radius 3 is 2.65 bits per heavy atom. The number of benzene rings is 2. The molecule has 134 valence electrons. The minimum Gasteiger partial charge on any atom is -0.504 e.